The van der Waals surface area contributed by atoms with Crippen LogP contribution in [0.15, 0.2) is 0 Å². The highest BCUT2D eigenvalue weighted by Gasteiger charge is 2.29. The Labute approximate surface area is 121 Å². The molecule has 0 aromatic heterocycles. The topological polar surface area (TPSA) is 69.6 Å². The lowest BCUT2D eigenvalue weighted by Gasteiger charge is -2.27. The summed E-state index contributed by atoms with van der Waals surface area (Å²) in [5.41, 5.74) is 0. The summed E-state index contributed by atoms with van der Waals surface area (Å²) in [4.78, 5) is 23.4. The van der Waals surface area contributed by atoms with Crippen molar-refractivity contribution in [3.8, 4) is 0 Å². The molecule has 2 N–H and O–H groups in total. The first-order valence-electron chi connectivity index (χ1n) is 6.97. The van der Waals surface area contributed by atoms with Gasteiger partial charge >= 0.3 is 18.2 Å². The van der Waals surface area contributed by atoms with Crippen molar-refractivity contribution in [1.82, 2.24) is 10.2 Å². The Kier molecular flexibility index (Phi) is 6.29. The molecule has 0 aromatic rings. The molecule has 5 nitrogen and oxygen atoms in total. The smallest absolute Gasteiger partial charge is 0.390 e. The van der Waals surface area contributed by atoms with Crippen LogP contribution in [0.1, 0.15) is 32.1 Å². The number of carbonyl (C=O) groups excluding carboxylic acids is 1. The Bertz CT molecular complexity index is 366. The fraction of sp³-hybridized carbons (Fsp3) is 0.846. The quantitative estimate of drug-likeness (QED) is 0.819. The number of alkyl halides is 3. The van der Waals surface area contributed by atoms with Crippen LogP contribution in [0, 0.1) is 11.8 Å². The third-order valence-electron chi connectivity index (χ3n) is 3.82. The second-order valence-corrected chi connectivity index (χ2v) is 5.53. The van der Waals surface area contributed by atoms with Crippen molar-refractivity contribution in [2.75, 3.05) is 20.1 Å². The van der Waals surface area contributed by atoms with Gasteiger partial charge in [-0.05, 0) is 31.6 Å². The maximum atomic E-state index is 12.1. The number of nitrogens with zero attached hydrogens (tertiary/aromatic N) is 1. The number of hydrogen-bond acceptors (Lipinski definition) is 2. The fourth-order valence-corrected chi connectivity index (χ4v) is 2.38. The van der Waals surface area contributed by atoms with Gasteiger partial charge in [0.1, 0.15) is 0 Å². The molecule has 8 heteroatoms. The van der Waals surface area contributed by atoms with Gasteiger partial charge in [0.05, 0.1) is 12.3 Å². The molecule has 0 radical (unpaired) electrons. The minimum absolute atomic E-state index is 0.195. The molecule has 1 aliphatic rings. The molecule has 1 aliphatic carbocycles. The fourth-order valence-electron chi connectivity index (χ4n) is 2.38. The predicted octanol–water partition coefficient (Wildman–Crippen LogP) is 2.47. The molecule has 0 heterocycles. The van der Waals surface area contributed by atoms with Gasteiger partial charge in [-0.15, -0.1) is 0 Å². The van der Waals surface area contributed by atoms with Crippen LogP contribution >= 0.6 is 0 Å². The van der Waals surface area contributed by atoms with E-state index < -0.39 is 24.6 Å². The summed E-state index contributed by atoms with van der Waals surface area (Å²) in [6, 6.07) is -0.528. The lowest BCUT2D eigenvalue weighted by Crippen LogP contribution is -2.41. The summed E-state index contributed by atoms with van der Waals surface area (Å²) in [5, 5.41) is 11.5. The summed E-state index contributed by atoms with van der Waals surface area (Å²) in [5.74, 6) is -0.906. The van der Waals surface area contributed by atoms with E-state index in [0.717, 1.165) is 4.90 Å². The molecule has 1 rings (SSSR count). The highest BCUT2D eigenvalue weighted by Crippen LogP contribution is 2.28. The van der Waals surface area contributed by atoms with E-state index in [1.165, 1.54) is 7.05 Å². The third-order valence-corrected chi connectivity index (χ3v) is 3.82. The lowest BCUT2D eigenvalue weighted by molar-refractivity contribution is -0.143. The maximum absolute atomic E-state index is 12.1. The molecular weight excluding hydrogens is 289 g/mol. The molecule has 0 atom stereocenters. The standard InChI is InChI=1S/C13H21F3N2O3/c1-18(7-6-13(14,15)16)12(21)17-8-9-2-4-10(5-3-9)11(19)20/h9-10H,2-8H2,1H3,(H,17,21)(H,19,20). The zero-order valence-electron chi connectivity index (χ0n) is 11.9. The molecule has 1 fully saturated rings. The number of amides is 2. The van der Waals surface area contributed by atoms with Crippen LogP contribution in [-0.2, 0) is 4.79 Å². The Morgan fingerprint density at radius 2 is 1.81 bits per heavy atom. The Morgan fingerprint density at radius 1 is 1.24 bits per heavy atom. The number of aliphatic carboxylic acids is 1. The van der Waals surface area contributed by atoms with Crippen molar-refractivity contribution < 1.29 is 27.9 Å². The number of carboxylic acid groups (broad SMARTS) is 1. The molecule has 122 valence electrons. The average molecular weight is 310 g/mol. The van der Waals surface area contributed by atoms with Crippen LogP contribution in [0.4, 0.5) is 18.0 Å². The van der Waals surface area contributed by atoms with E-state index in [-0.39, 0.29) is 18.4 Å². The Morgan fingerprint density at radius 3 is 2.29 bits per heavy atom. The van der Waals surface area contributed by atoms with Crippen LogP contribution in [0.3, 0.4) is 0 Å². The molecule has 0 saturated heterocycles. The number of halogens is 3. The van der Waals surface area contributed by atoms with Crippen molar-refractivity contribution in [2.45, 2.75) is 38.3 Å². The zero-order valence-corrected chi connectivity index (χ0v) is 11.9. The van der Waals surface area contributed by atoms with Gasteiger partial charge in [0, 0.05) is 20.1 Å². The van der Waals surface area contributed by atoms with Crippen molar-refractivity contribution in [1.29, 1.82) is 0 Å². The Balaban J connectivity index is 2.23. The monoisotopic (exact) mass is 310 g/mol. The largest absolute Gasteiger partial charge is 0.481 e. The first-order valence-corrected chi connectivity index (χ1v) is 6.97. The summed E-state index contributed by atoms with van der Waals surface area (Å²) < 4.78 is 36.2. The highest BCUT2D eigenvalue weighted by atomic mass is 19.4. The van der Waals surface area contributed by atoms with Crippen molar-refractivity contribution in [2.24, 2.45) is 11.8 Å². The van der Waals surface area contributed by atoms with E-state index in [9.17, 15) is 22.8 Å². The second-order valence-electron chi connectivity index (χ2n) is 5.53. The van der Waals surface area contributed by atoms with Crippen molar-refractivity contribution in [3.63, 3.8) is 0 Å². The van der Waals surface area contributed by atoms with Gasteiger partial charge in [0.25, 0.3) is 0 Å². The molecule has 0 bridgehead atoms. The molecule has 0 spiro atoms. The van der Waals surface area contributed by atoms with E-state index in [2.05, 4.69) is 5.32 Å². The third kappa shape index (κ3) is 6.68. The number of carbonyl (C=O) groups is 2. The summed E-state index contributed by atoms with van der Waals surface area (Å²) in [6.07, 6.45) is -2.71. The first kappa shape index (κ1) is 17.6. The highest BCUT2D eigenvalue weighted by molar-refractivity contribution is 5.73. The average Bonchev–Trinajstić information content (AvgIpc) is 2.41. The van der Waals surface area contributed by atoms with E-state index in [0.29, 0.717) is 32.2 Å². The van der Waals surface area contributed by atoms with Crippen molar-refractivity contribution >= 4 is 12.0 Å². The number of rotatable bonds is 5. The van der Waals surface area contributed by atoms with Crippen molar-refractivity contribution in [3.05, 3.63) is 0 Å². The second kappa shape index (κ2) is 7.51. The number of urea groups is 1. The first-order chi connectivity index (χ1) is 9.69. The summed E-state index contributed by atoms with van der Waals surface area (Å²) in [7, 11) is 1.32. The minimum Gasteiger partial charge on any atom is -0.481 e. The maximum Gasteiger partial charge on any atom is 0.390 e. The van der Waals surface area contributed by atoms with Gasteiger partial charge in [-0.1, -0.05) is 0 Å². The van der Waals surface area contributed by atoms with Gasteiger partial charge in [-0.3, -0.25) is 4.79 Å². The summed E-state index contributed by atoms with van der Waals surface area (Å²) >= 11 is 0. The number of nitrogens with one attached hydrogen (secondary N) is 1. The van der Waals surface area contributed by atoms with Gasteiger partial charge in [0.15, 0.2) is 0 Å². The normalized spacial score (nSPS) is 22.7. The van der Waals surface area contributed by atoms with Gasteiger partial charge in [-0.2, -0.15) is 13.2 Å². The SMILES string of the molecule is CN(CCC(F)(F)F)C(=O)NCC1CCC(C(=O)O)CC1. The molecule has 0 aliphatic heterocycles. The summed E-state index contributed by atoms with van der Waals surface area (Å²) in [6.45, 7) is 0.00260. The molecule has 1 saturated carbocycles. The molecular formula is C13H21F3N2O3. The van der Waals surface area contributed by atoms with Gasteiger partial charge in [0.2, 0.25) is 0 Å². The predicted molar refractivity (Wildman–Crippen MR) is 69.8 cm³/mol. The zero-order chi connectivity index (χ0) is 16.0. The number of carboxylic acids is 1. The van der Waals surface area contributed by atoms with E-state index in [1.807, 2.05) is 0 Å². The Hall–Kier alpha value is -1.47. The van der Waals surface area contributed by atoms with Gasteiger partial charge in [-0.25, -0.2) is 4.79 Å². The molecule has 0 aromatic carbocycles. The van der Waals surface area contributed by atoms with E-state index in [1.54, 1.807) is 0 Å². The van der Waals surface area contributed by atoms with Crippen LogP contribution in [-0.4, -0.2) is 48.3 Å². The molecule has 0 unspecified atom stereocenters. The van der Waals surface area contributed by atoms with E-state index >= 15 is 0 Å². The van der Waals surface area contributed by atoms with Crippen LogP contribution in [0.25, 0.3) is 0 Å². The number of hydrogen-bond donors (Lipinski definition) is 2. The van der Waals surface area contributed by atoms with Crippen LogP contribution in [0.2, 0.25) is 0 Å². The minimum atomic E-state index is -4.27. The molecule has 2 amide bonds. The molecule has 21 heavy (non-hydrogen) atoms. The van der Waals surface area contributed by atoms with Crippen LogP contribution in [0.5, 0.6) is 0 Å². The lowest BCUT2D eigenvalue weighted by atomic mass is 9.82. The van der Waals surface area contributed by atoms with E-state index in [4.69, 9.17) is 5.11 Å². The van der Waals surface area contributed by atoms with Gasteiger partial charge < -0.3 is 15.3 Å². The van der Waals surface area contributed by atoms with Crippen LogP contribution < -0.4 is 5.32 Å².